The molecular weight excluding hydrogens is 386 g/mol. The number of aryl methyl sites for hydroxylation is 2. The van der Waals surface area contributed by atoms with Crippen molar-refractivity contribution in [2.45, 2.75) is 51.6 Å². The van der Waals surface area contributed by atoms with Gasteiger partial charge >= 0.3 is 5.97 Å². The number of carboxylic acid groups (broad SMARTS) is 1. The van der Waals surface area contributed by atoms with E-state index in [9.17, 15) is 19.8 Å². The number of carboxylic acids is 1. The first kappa shape index (κ1) is 20.5. The minimum Gasteiger partial charge on any atom is -0.481 e. The minimum atomic E-state index is -1.27. The van der Waals surface area contributed by atoms with Gasteiger partial charge in [-0.25, -0.2) is 0 Å². The zero-order valence-corrected chi connectivity index (χ0v) is 17.1. The second kappa shape index (κ2) is 8.18. The predicted octanol–water partition coefficient (Wildman–Crippen LogP) is 2.44. The van der Waals surface area contributed by atoms with Gasteiger partial charge in [-0.05, 0) is 31.7 Å². The highest BCUT2D eigenvalue weighted by Gasteiger charge is 2.52. The second-order valence-electron chi connectivity index (χ2n) is 8.61. The van der Waals surface area contributed by atoms with Crippen LogP contribution in [0.1, 0.15) is 43.6 Å². The molecule has 8 nitrogen and oxygen atoms in total. The Morgan fingerprint density at radius 3 is 2.80 bits per heavy atom. The van der Waals surface area contributed by atoms with E-state index in [1.54, 1.807) is 4.90 Å². The van der Waals surface area contributed by atoms with Gasteiger partial charge in [0, 0.05) is 31.5 Å². The fourth-order valence-corrected chi connectivity index (χ4v) is 4.26. The van der Waals surface area contributed by atoms with E-state index in [0.29, 0.717) is 37.0 Å². The molecule has 1 aromatic carbocycles. The van der Waals surface area contributed by atoms with Crippen molar-refractivity contribution in [3.8, 4) is 11.4 Å². The first-order valence-corrected chi connectivity index (χ1v) is 10.5. The third-order valence-corrected chi connectivity index (χ3v) is 6.21. The lowest BCUT2D eigenvalue weighted by Crippen LogP contribution is -2.57. The molecule has 1 saturated carbocycles. The fourth-order valence-electron chi connectivity index (χ4n) is 4.26. The van der Waals surface area contributed by atoms with E-state index in [4.69, 9.17) is 4.52 Å². The van der Waals surface area contributed by atoms with Gasteiger partial charge in [0.05, 0.1) is 6.10 Å². The number of rotatable bonds is 7. The van der Waals surface area contributed by atoms with Gasteiger partial charge in [0.15, 0.2) is 0 Å². The minimum absolute atomic E-state index is 0.0528. The van der Waals surface area contributed by atoms with Crippen LogP contribution in [0.5, 0.6) is 0 Å². The summed E-state index contributed by atoms with van der Waals surface area (Å²) in [5.41, 5.74) is 0.680. The summed E-state index contributed by atoms with van der Waals surface area (Å²) in [7, 11) is 0. The van der Waals surface area contributed by atoms with Crippen LogP contribution in [0, 0.1) is 18.3 Å². The van der Waals surface area contributed by atoms with E-state index >= 15 is 0 Å². The lowest BCUT2D eigenvalue weighted by atomic mass is 9.73. The van der Waals surface area contributed by atoms with E-state index in [0.717, 1.165) is 24.0 Å². The molecule has 0 spiro atoms. The lowest BCUT2D eigenvalue weighted by molar-refractivity contribution is -0.167. The standard InChI is InChI=1S/C22H27N3O5/c1-14-3-2-4-16(11-14)20-23-18(30-24-20)7-8-19(27)25-10-9-17(26)22(13-25,21(28)29)12-15-5-6-15/h2-4,11,15,17,26H,5-10,12-13H2,1H3,(H,28,29)/t17-,22+/m1/s1. The Morgan fingerprint density at radius 1 is 1.30 bits per heavy atom. The summed E-state index contributed by atoms with van der Waals surface area (Å²) < 4.78 is 5.29. The van der Waals surface area contributed by atoms with Crippen LogP contribution in [0.3, 0.4) is 0 Å². The smallest absolute Gasteiger partial charge is 0.314 e. The maximum absolute atomic E-state index is 12.8. The third-order valence-electron chi connectivity index (χ3n) is 6.21. The summed E-state index contributed by atoms with van der Waals surface area (Å²) in [6.07, 6.45) is 2.23. The van der Waals surface area contributed by atoms with Gasteiger partial charge in [-0.3, -0.25) is 9.59 Å². The number of hydrogen-bond acceptors (Lipinski definition) is 6. The molecule has 2 heterocycles. The van der Waals surface area contributed by atoms with Crippen LogP contribution in [0.2, 0.25) is 0 Å². The number of aliphatic hydroxyl groups excluding tert-OH is 1. The van der Waals surface area contributed by atoms with Crippen LogP contribution < -0.4 is 0 Å². The molecule has 1 amide bonds. The van der Waals surface area contributed by atoms with Gasteiger partial charge in [0.25, 0.3) is 0 Å². The van der Waals surface area contributed by atoms with Crippen molar-refractivity contribution in [2.75, 3.05) is 13.1 Å². The number of aromatic nitrogens is 2. The van der Waals surface area contributed by atoms with Gasteiger partial charge in [0.2, 0.25) is 17.6 Å². The molecule has 0 radical (unpaired) electrons. The van der Waals surface area contributed by atoms with E-state index in [1.165, 1.54) is 0 Å². The Hall–Kier alpha value is -2.74. The number of carbonyl (C=O) groups is 2. The van der Waals surface area contributed by atoms with Crippen molar-refractivity contribution in [1.82, 2.24) is 15.0 Å². The monoisotopic (exact) mass is 413 g/mol. The molecule has 1 aliphatic carbocycles. The van der Waals surface area contributed by atoms with Crippen molar-refractivity contribution in [2.24, 2.45) is 11.3 Å². The Kier molecular flexibility index (Phi) is 5.60. The van der Waals surface area contributed by atoms with Crippen molar-refractivity contribution in [3.63, 3.8) is 0 Å². The molecule has 0 bridgehead atoms. The maximum Gasteiger partial charge on any atom is 0.314 e. The molecule has 4 rings (SSSR count). The van der Waals surface area contributed by atoms with Gasteiger partial charge in [-0.1, -0.05) is 41.8 Å². The summed E-state index contributed by atoms with van der Waals surface area (Å²) in [6, 6.07) is 7.77. The summed E-state index contributed by atoms with van der Waals surface area (Å²) >= 11 is 0. The third kappa shape index (κ3) is 4.23. The summed E-state index contributed by atoms with van der Waals surface area (Å²) in [5, 5.41) is 24.3. The van der Waals surface area contributed by atoms with Gasteiger partial charge in [-0.15, -0.1) is 0 Å². The van der Waals surface area contributed by atoms with Crippen LogP contribution in [-0.2, 0) is 16.0 Å². The molecule has 1 saturated heterocycles. The summed E-state index contributed by atoms with van der Waals surface area (Å²) in [6.45, 7) is 2.40. The topological polar surface area (TPSA) is 117 Å². The second-order valence-corrected chi connectivity index (χ2v) is 8.61. The molecule has 2 N–H and O–H groups in total. The van der Waals surface area contributed by atoms with E-state index in [-0.39, 0.29) is 25.3 Å². The van der Waals surface area contributed by atoms with Crippen molar-refractivity contribution >= 4 is 11.9 Å². The van der Waals surface area contributed by atoms with Crippen LogP contribution in [0.4, 0.5) is 0 Å². The quantitative estimate of drug-likeness (QED) is 0.716. The van der Waals surface area contributed by atoms with Gasteiger partial charge < -0.3 is 19.6 Å². The number of likely N-dealkylation sites (tertiary alicyclic amines) is 1. The number of nitrogens with zero attached hydrogens (tertiary/aromatic N) is 3. The van der Waals surface area contributed by atoms with E-state index in [2.05, 4.69) is 10.1 Å². The van der Waals surface area contributed by atoms with Crippen molar-refractivity contribution in [1.29, 1.82) is 0 Å². The molecule has 160 valence electrons. The zero-order valence-electron chi connectivity index (χ0n) is 17.1. The van der Waals surface area contributed by atoms with Gasteiger partial charge in [-0.2, -0.15) is 4.98 Å². The largest absolute Gasteiger partial charge is 0.481 e. The molecule has 2 fully saturated rings. The van der Waals surface area contributed by atoms with Crippen molar-refractivity contribution < 1.29 is 24.3 Å². The molecule has 2 atom stereocenters. The number of aliphatic hydroxyl groups is 1. The zero-order chi connectivity index (χ0) is 21.3. The molecular formula is C22H27N3O5. The van der Waals surface area contributed by atoms with Crippen molar-refractivity contribution in [3.05, 3.63) is 35.7 Å². The Bertz CT molecular complexity index is 938. The van der Waals surface area contributed by atoms with E-state index < -0.39 is 17.5 Å². The molecule has 2 aromatic rings. The number of amides is 1. The lowest BCUT2D eigenvalue weighted by Gasteiger charge is -2.43. The Labute approximate surface area is 174 Å². The first-order chi connectivity index (χ1) is 14.4. The highest BCUT2D eigenvalue weighted by molar-refractivity contribution is 5.80. The molecule has 2 aliphatic rings. The SMILES string of the molecule is Cc1cccc(-c2noc(CCC(=O)N3CC[C@@H](O)[C@@](CC4CC4)(C(=O)O)C3)n2)c1. The molecule has 8 heteroatoms. The Morgan fingerprint density at radius 2 is 2.10 bits per heavy atom. The number of benzene rings is 1. The molecule has 30 heavy (non-hydrogen) atoms. The molecule has 1 aromatic heterocycles. The first-order valence-electron chi connectivity index (χ1n) is 10.5. The van der Waals surface area contributed by atoms with Crippen LogP contribution in [0.25, 0.3) is 11.4 Å². The highest BCUT2D eigenvalue weighted by Crippen LogP contribution is 2.45. The average molecular weight is 413 g/mol. The molecule has 0 unspecified atom stereocenters. The number of aliphatic carboxylic acids is 1. The number of hydrogen-bond donors (Lipinski definition) is 2. The summed E-state index contributed by atoms with van der Waals surface area (Å²) in [4.78, 5) is 30.7. The van der Waals surface area contributed by atoms with Gasteiger partial charge in [0.1, 0.15) is 5.41 Å². The molecule has 1 aliphatic heterocycles. The summed E-state index contributed by atoms with van der Waals surface area (Å²) in [5.74, 6) is 0.0258. The maximum atomic E-state index is 12.8. The fraction of sp³-hybridized carbons (Fsp3) is 0.545. The van der Waals surface area contributed by atoms with E-state index in [1.807, 2.05) is 31.2 Å². The van der Waals surface area contributed by atoms with Crippen LogP contribution in [0.15, 0.2) is 28.8 Å². The predicted molar refractivity (Wildman–Crippen MR) is 107 cm³/mol. The number of carbonyl (C=O) groups excluding carboxylic acids is 1. The normalized spacial score (nSPS) is 24.1. The average Bonchev–Trinajstić information content (AvgIpc) is 3.40. The van der Waals surface area contributed by atoms with Crippen LogP contribution >= 0.6 is 0 Å². The highest BCUT2D eigenvalue weighted by atomic mass is 16.5. The Balaban J connectivity index is 1.39. The number of piperidine rings is 1. The van der Waals surface area contributed by atoms with Crippen LogP contribution in [-0.4, -0.2) is 56.3 Å².